The number of aryl methyl sites for hydroxylation is 1. The fourth-order valence-corrected chi connectivity index (χ4v) is 4.18. The van der Waals surface area contributed by atoms with E-state index in [4.69, 9.17) is 9.31 Å². The molecule has 0 radical (unpaired) electrons. The molecule has 2 atom stereocenters. The number of aromatic nitrogens is 2. The van der Waals surface area contributed by atoms with Crippen LogP contribution in [-0.2, 0) is 21.2 Å². The molecule has 1 amide bonds. The maximum absolute atomic E-state index is 12.8. The van der Waals surface area contributed by atoms with Crippen LogP contribution in [0.5, 0.6) is 0 Å². The van der Waals surface area contributed by atoms with Crippen molar-refractivity contribution in [1.82, 2.24) is 14.7 Å². The van der Waals surface area contributed by atoms with Crippen LogP contribution in [0.3, 0.4) is 0 Å². The van der Waals surface area contributed by atoms with Crippen LogP contribution in [0.25, 0.3) is 0 Å². The maximum Gasteiger partial charge on any atom is 0.461 e. The second kappa shape index (κ2) is 6.09. The van der Waals surface area contributed by atoms with Crippen molar-refractivity contribution >= 4 is 13.0 Å². The number of nitrogens with zero attached hydrogens (tertiary/aromatic N) is 3. The number of piperidine rings is 1. The highest BCUT2D eigenvalue weighted by molar-refractivity contribution is 6.47. The topological polar surface area (TPSA) is 56.6 Å². The third-order valence-electron chi connectivity index (χ3n) is 6.77. The summed E-state index contributed by atoms with van der Waals surface area (Å²) in [7, 11) is 1.77. The van der Waals surface area contributed by atoms with Crippen LogP contribution in [0, 0.1) is 5.92 Å². The van der Waals surface area contributed by atoms with E-state index in [9.17, 15) is 4.79 Å². The molecule has 0 unspecified atom stereocenters. The van der Waals surface area contributed by atoms with Crippen LogP contribution >= 0.6 is 0 Å². The summed E-state index contributed by atoms with van der Waals surface area (Å²) < 4.78 is 14.2. The van der Waals surface area contributed by atoms with E-state index in [0.29, 0.717) is 17.6 Å². The highest BCUT2D eigenvalue weighted by Crippen LogP contribution is 2.49. The fourth-order valence-electron chi connectivity index (χ4n) is 4.18. The minimum absolute atomic E-state index is 0.146. The monoisotopic (exact) mass is 359 g/mol. The zero-order chi connectivity index (χ0) is 18.7. The molecule has 2 saturated heterocycles. The molecule has 1 aromatic rings. The Labute approximate surface area is 156 Å². The van der Waals surface area contributed by atoms with E-state index in [-0.39, 0.29) is 24.2 Å². The molecule has 6 nitrogen and oxygen atoms in total. The molecular weight excluding hydrogens is 329 g/mol. The van der Waals surface area contributed by atoms with Gasteiger partial charge in [0.2, 0.25) is 5.91 Å². The van der Waals surface area contributed by atoms with Crippen molar-refractivity contribution in [3.63, 3.8) is 0 Å². The minimum Gasteiger partial charge on any atom is -0.403 e. The number of rotatable bonds is 3. The molecule has 0 N–H and O–H groups in total. The Bertz CT molecular complexity index is 678. The van der Waals surface area contributed by atoms with E-state index < -0.39 is 0 Å². The minimum atomic E-state index is -0.282. The molecular formula is C19H30BN3O3. The van der Waals surface area contributed by atoms with Crippen molar-refractivity contribution < 1.29 is 14.1 Å². The Morgan fingerprint density at radius 3 is 2.35 bits per heavy atom. The average Bonchev–Trinajstić information content (AvgIpc) is 3.20. The summed E-state index contributed by atoms with van der Waals surface area (Å²) in [6.07, 6.45) is 6.78. The van der Waals surface area contributed by atoms with Crippen LogP contribution < -0.4 is 0 Å². The molecule has 1 saturated carbocycles. The maximum atomic E-state index is 12.8. The number of carbonyl (C=O) groups excluding carboxylic acids is 1. The molecule has 1 aromatic heterocycles. The SMILES string of the molecule is Cn1cc([C@@H]2C[C@H]2C(=O)N2CCC(B3OC(C)(C)C(C)(C)O3)CC2)cn1. The van der Waals surface area contributed by atoms with Crippen LogP contribution in [0.1, 0.15) is 58.4 Å². The van der Waals surface area contributed by atoms with E-state index in [1.165, 1.54) is 5.56 Å². The normalized spacial score (nSPS) is 30.7. The van der Waals surface area contributed by atoms with Crippen molar-refractivity contribution in [1.29, 1.82) is 0 Å². The first-order valence-corrected chi connectivity index (χ1v) is 9.81. The van der Waals surface area contributed by atoms with E-state index in [2.05, 4.69) is 32.8 Å². The summed E-state index contributed by atoms with van der Waals surface area (Å²) in [5, 5.41) is 4.23. The molecule has 3 fully saturated rings. The number of likely N-dealkylation sites (tertiary alicyclic amines) is 1. The van der Waals surface area contributed by atoms with E-state index in [0.717, 1.165) is 32.4 Å². The van der Waals surface area contributed by atoms with Gasteiger partial charge < -0.3 is 14.2 Å². The molecule has 142 valence electrons. The van der Waals surface area contributed by atoms with Crippen LogP contribution in [-0.4, -0.2) is 52.0 Å². The van der Waals surface area contributed by atoms with Crippen LogP contribution in [0.4, 0.5) is 0 Å². The van der Waals surface area contributed by atoms with E-state index in [1.807, 2.05) is 29.0 Å². The van der Waals surface area contributed by atoms with Crippen molar-refractivity contribution in [3.8, 4) is 0 Å². The van der Waals surface area contributed by atoms with E-state index >= 15 is 0 Å². The van der Waals surface area contributed by atoms with E-state index in [1.54, 1.807) is 0 Å². The van der Waals surface area contributed by atoms with Crippen molar-refractivity contribution in [2.75, 3.05) is 13.1 Å². The first-order chi connectivity index (χ1) is 12.2. The standard InChI is InChI=1S/C19H30BN3O3/c1-18(2)19(3,4)26-20(25-18)14-6-8-23(9-7-14)17(24)16-10-15(16)13-11-21-22(5)12-13/h11-12,14-16H,6-10H2,1-5H3/t15-,16+/m0/s1. The number of hydrogen-bond acceptors (Lipinski definition) is 4. The number of hydrogen-bond donors (Lipinski definition) is 0. The predicted octanol–water partition coefficient (Wildman–Crippen LogP) is 2.61. The Hall–Kier alpha value is -1.34. The van der Waals surface area contributed by atoms with Crippen molar-refractivity contribution in [2.45, 2.75) is 69.9 Å². The van der Waals surface area contributed by atoms with Crippen LogP contribution in [0.15, 0.2) is 12.4 Å². The van der Waals surface area contributed by atoms with Gasteiger partial charge in [0.15, 0.2) is 0 Å². The summed E-state index contributed by atoms with van der Waals surface area (Å²) in [6, 6.07) is 0. The molecule has 3 aliphatic rings. The molecule has 26 heavy (non-hydrogen) atoms. The van der Waals surface area contributed by atoms with Gasteiger partial charge in [-0.3, -0.25) is 9.48 Å². The van der Waals surface area contributed by atoms with Gasteiger partial charge in [-0.1, -0.05) is 0 Å². The zero-order valence-corrected chi connectivity index (χ0v) is 16.6. The first kappa shape index (κ1) is 18.0. The Morgan fingerprint density at radius 2 is 1.81 bits per heavy atom. The fraction of sp³-hybridized carbons (Fsp3) is 0.789. The molecule has 7 heteroatoms. The Kier molecular flexibility index (Phi) is 4.23. The van der Waals surface area contributed by atoms with Gasteiger partial charge in [0.25, 0.3) is 0 Å². The quantitative estimate of drug-likeness (QED) is 0.779. The lowest BCUT2D eigenvalue weighted by Crippen LogP contribution is -2.42. The Balaban J connectivity index is 1.30. The second-order valence-electron chi connectivity index (χ2n) is 9.18. The highest BCUT2D eigenvalue weighted by atomic mass is 16.7. The number of amides is 1. The highest BCUT2D eigenvalue weighted by Gasteiger charge is 2.54. The number of carbonyl (C=O) groups is 1. The van der Waals surface area contributed by atoms with Crippen molar-refractivity contribution in [3.05, 3.63) is 18.0 Å². The third kappa shape index (κ3) is 3.09. The van der Waals surface area contributed by atoms with Gasteiger partial charge in [0.05, 0.1) is 17.4 Å². The summed E-state index contributed by atoms with van der Waals surface area (Å²) in [6.45, 7) is 10.00. The van der Waals surface area contributed by atoms with Crippen molar-refractivity contribution in [2.24, 2.45) is 13.0 Å². The summed E-state index contributed by atoms with van der Waals surface area (Å²) in [5.74, 6) is 1.18. The largest absolute Gasteiger partial charge is 0.461 e. The van der Waals surface area contributed by atoms with Gasteiger partial charge in [0, 0.05) is 32.3 Å². The summed E-state index contributed by atoms with van der Waals surface area (Å²) >= 11 is 0. The zero-order valence-electron chi connectivity index (χ0n) is 16.6. The lowest BCUT2D eigenvalue weighted by Gasteiger charge is -2.33. The molecule has 4 rings (SSSR count). The Morgan fingerprint density at radius 1 is 1.19 bits per heavy atom. The predicted molar refractivity (Wildman–Crippen MR) is 99.7 cm³/mol. The van der Waals surface area contributed by atoms with Gasteiger partial charge in [-0.15, -0.1) is 0 Å². The lowest BCUT2D eigenvalue weighted by molar-refractivity contribution is -0.133. The second-order valence-corrected chi connectivity index (χ2v) is 9.18. The smallest absolute Gasteiger partial charge is 0.403 e. The van der Waals surface area contributed by atoms with Gasteiger partial charge in [-0.2, -0.15) is 5.10 Å². The van der Waals surface area contributed by atoms with Crippen LogP contribution in [0.2, 0.25) is 5.82 Å². The molecule has 3 heterocycles. The average molecular weight is 359 g/mol. The molecule has 2 aliphatic heterocycles. The molecule has 1 aliphatic carbocycles. The molecule has 0 aromatic carbocycles. The van der Waals surface area contributed by atoms with Gasteiger partial charge >= 0.3 is 7.12 Å². The van der Waals surface area contributed by atoms with Gasteiger partial charge in [-0.05, 0) is 64.3 Å². The first-order valence-electron chi connectivity index (χ1n) is 9.81. The van der Waals surface area contributed by atoms with Gasteiger partial charge in [-0.25, -0.2) is 0 Å². The van der Waals surface area contributed by atoms with Gasteiger partial charge in [0.1, 0.15) is 0 Å². The lowest BCUT2D eigenvalue weighted by atomic mass is 9.66. The third-order valence-corrected chi connectivity index (χ3v) is 6.77. The molecule has 0 spiro atoms. The summed E-state index contributed by atoms with van der Waals surface area (Å²) in [4.78, 5) is 14.9. The summed E-state index contributed by atoms with van der Waals surface area (Å²) in [5.41, 5.74) is 0.628. The molecule has 0 bridgehead atoms.